The Morgan fingerprint density at radius 3 is 2.75 bits per heavy atom. The maximum atomic E-state index is 6.20. The molecule has 0 radical (unpaired) electrons. The zero-order chi connectivity index (χ0) is 11.6. The average molecular weight is 225 g/mol. The topological polar surface area (TPSA) is 74.2 Å². The first kappa shape index (κ1) is 11.5. The van der Waals surface area contributed by atoms with Gasteiger partial charge in [0, 0.05) is 12.5 Å². The van der Waals surface area contributed by atoms with Crippen LogP contribution in [0.5, 0.6) is 0 Å². The van der Waals surface area contributed by atoms with Gasteiger partial charge >= 0.3 is 0 Å². The summed E-state index contributed by atoms with van der Waals surface area (Å²) in [5, 5.41) is 4.01. The second kappa shape index (κ2) is 4.51. The Kier molecular flexibility index (Phi) is 3.25. The van der Waals surface area contributed by atoms with Gasteiger partial charge in [0.15, 0.2) is 5.82 Å². The molecule has 2 heterocycles. The zero-order valence-electron chi connectivity index (χ0n) is 9.90. The van der Waals surface area contributed by atoms with Crippen LogP contribution in [0.2, 0.25) is 0 Å². The van der Waals surface area contributed by atoms with Gasteiger partial charge in [0.1, 0.15) is 0 Å². The van der Waals surface area contributed by atoms with E-state index in [-0.39, 0.29) is 5.92 Å². The van der Waals surface area contributed by atoms with Crippen LogP contribution in [-0.4, -0.2) is 23.4 Å². The second-order valence-corrected chi connectivity index (χ2v) is 4.38. The molecular formula is C11H19N3O2. The van der Waals surface area contributed by atoms with Crippen molar-refractivity contribution in [2.75, 3.05) is 13.2 Å². The van der Waals surface area contributed by atoms with Gasteiger partial charge in [-0.05, 0) is 19.3 Å². The van der Waals surface area contributed by atoms with Gasteiger partial charge in [-0.3, -0.25) is 0 Å². The van der Waals surface area contributed by atoms with E-state index >= 15 is 0 Å². The lowest BCUT2D eigenvalue weighted by Crippen LogP contribution is -2.35. The lowest BCUT2D eigenvalue weighted by Gasteiger charge is -2.20. The number of ether oxygens (including phenoxy) is 1. The Hall–Kier alpha value is -0.940. The molecule has 5 nitrogen and oxygen atoms in total. The number of aromatic nitrogens is 2. The molecule has 1 aliphatic rings. The summed E-state index contributed by atoms with van der Waals surface area (Å²) in [7, 11) is 0. The molecule has 1 saturated heterocycles. The van der Waals surface area contributed by atoms with Crippen molar-refractivity contribution >= 4 is 0 Å². The standard InChI is InChI=1S/C11H19N3O2/c1-3-11(12,4-2)10-13-9(14-16-10)8-5-6-15-7-8/h8H,3-7,12H2,1-2H3. The molecule has 1 fully saturated rings. The number of nitrogens with two attached hydrogens (primary N) is 1. The van der Waals surface area contributed by atoms with Gasteiger partial charge in [-0.15, -0.1) is 0 Å². The SMILES string of the molecule is CCC(N)(CC)c1nc(C2CCOC2)no1. The fourth-order valence-electron chi connectivity index (χ4n) is 1.89. The molecule has 0 spiro atoms. The molecular weight excluding hydrogens is 206 g/mol. The fraction of sp³-hybridized carbons (Fsp3) is 0.818. The lowest BCUT2D eigenvalue weighted by atomic mass is 9.94. The Morgan fingerprint density at radius 2 is 2.19 bits per heavy atom. The molecule has 1 aromatic rings. The summed E-state index contributed by atoms with van der Waals surface area (Å²) in [6.45, 7) is 5.54. The Balaban J connectivity index is 2.17. The number of hydrogen-bond acceptors (Lipinski definition) is 5. The molecule has 0 bridgehead atoms. The fourth-order valence-corrected chi connectivity index (χ4v) is 1.89. The first-order valence-corrected chi connectivity index (χ1v) is 5.90. The number of hydrogen-bond donors (Lipinski definition) is 1. The molecule has 1 unspecified atom stereocenters. The summed E-state index contributed by atoms with van der Waals surface area (Å²) in [5.41, 5.74) is 5.72. The van der Waals surface area contributed by atoms with E-state index in [2.05, 4.69) is 10.1 Å². The van der Waals surface area contributed by atoms with Crippen LogP contribution in [0.25, 0.3) is 0 Å². The minimum Gasteiger partial charge on any atom is -0.381 e. The van der Waals surface area contributed by atoms with Crippen molar-refractivity contribution in [1.29, 1.82) is 0 Å². The van der Waals surface area contributed by atoms with Gasteiger partial charge in [0.2, 0.25) is 5.89 Å². The highest BCUT2D eigenvalue weighted by Crippen LogP contribution is 2.27. The molecule has 5 heteroatoms. The number of nitrogens with zero attached hydrogens (tertiary/aromatic N) is 2. The third kappa shape index (κ3) is 1.97. The predicted octanol–water partition coefficient (Wildman–Crippen LogP) is 1.55. The van der Waals surface area contributed by atoms with Crippen molar-refractivity contribution in [2.45, 2.75) is 44.6 Å². The molecule has 0 aliphatic carbocycles. The first-order valence-electron chi connectivity index (χ1n) is 5.90. The van der Waals surface area contributed by atoms with Crippen LogP contribution in [-0.2, 0) is 10.3 Å². The third-order valence-corrected chi connectivity index (χ3v) is 3.42. The highest BCUT2D eigenvalue weighted by molar-refractivity contribution is 5.04. The van der Waals surface area contributed by atoms with E-state index in [9.17, 15) is 0 Å². The molecule has 1 aromatic heterocycles. The molecule has 0 aromatic carbocycles. The van der Waals surface area contributed by atoms with Crippen molar-refractivity contribution in [3.8, 4) is 0 Å². The maximum Gasteiger partial charge on any atom is 0.246 e. The molecule has 16 heavy (non-hydrogen) atoms. The van der Waals surface area contributed by atoms with E-state index in [4.69, 9.17) is 15.0 Å². The van der Waals surface area contributed by atoms with Crippen LogP contribution in [0.15, 0.2) is 4.52 Å². The Labute approximate surface area is 95.3 Å². The molecule has 2 N–H and O–H groups in total. The van der Waals surface area contributed by atoms with Gasteiger partial charge in [-0.1, -0.05) is 19.0 Å². The van der Waals surface area contributed by atoms with Crippen LogP contribution in [0.4, 0.5) is 0 Å². The van der Waals surface area contributed by atoms with E-state index in [0.717, 1.165) is 31.7 Å². The van der Waals surface area contributed by atoms with E-state index in [1.54, 1.807) is 0 Å². The summed E-state index contributed by atoms with van der Waals surface area (Å²) < 4.78 is 10.6. The molecule has 0 saturated carbocycles. The van der Waals surface area contributed by atoms with Crippen molar-refractivity contribution in [2.24, 2.45) is 5.73 Å². The molecule has 2 rings (SSSR count). The van der Waals surface area contributed by atoms with E-state index in [1.807, 2.05) is 13.8 Å². The quantitative estimate of drug-likeness (QED) is 0.841. The zero-order valence-corrected chi connectivity index (χ0v) is 9.90. The molecule has 0 amide bonds. The van der Waals surface area contributed by atoms with Gasteiger partial charge in [-0.2, -0.15) is 4.98 Å². The normalized spacial score (nSPS) is 21.6. The summed E-state index contributed by atoms with van der Waals surface area (Å²) in [6.07, 6.45) is 2.56. The van der Waals surface area contributed by atoms with Gasteiger partial charge < -0.3 is 15.0 Å². The van der Waals surface area contributed by atoms with Crippen molar-refractivity contribution in [3.05, 3.63) is 11.7 Å². The van der Waals surface area contributed by atoms with Crippen LogP contribution in [0.3, 0.4) is 0 Å². The summed E-state index contributed by atoms with van der Waals surface area (Å²) in [6, 6.07) is 0. The number of rotatable bonds is 4. The molecule has 1 aliphatic heterocycles. The molecule has 1 atom stereocenters. The third-order valence-electron chi connectivity index (χ3n) is 3.42. The predicted molar refractivity (Wildman–Crippen MR) is 58.9 cm³/mol. The summed E-state index contributed by atoms with van der Waals surface area (Å²) in [5.74, 6) is 1.57. The van der Waals surface area contributed by atoms with Crippen molar-refractivity contribution in [3.63, 3.8) is 0 Å². The van der Waals surface area contributed by atoms with Crippen molar-refractivity contribution < 1.29 is 9.26 Å². The lowest BCUT2D eigenvalue weighted by molar-refractivity contribution is 0.192. The largest absolute Gasteiger partial charge is 0.381 e. The second-order valence-electron chi connectivity index (χ2n) is 4.38. The van der Waals surface area contributed by atoms with Crippen LogP contribution < -0.4 is 5.73 Å². The average Bonchev–Trinajstić information content (AvgIpc) is 2.97. The molecule has 90 valence electrons. The maximum absolute atomic E-state index is 6.20. The van der Waals surface area contributed by atoms with Gasteiger partial charge in [-0.25, -0.2) is 0 Å². The Morgan fingerprint density at radius 1 is 1.44 bits per heavy atom. The minimum absolute atomic E-state index is 0.274. The van der Waals surface area contributed by atoms with E-state index < -0.39 is 5.54 Å². The monoisotopic (exact) mass is 225 g/mol. The van der Waals surface area contributed by atoms with Crippen LogP contribution >= 0.6 is 0 Å². The summed E-state index contributed by atoms with van der Waals surface area (Å²) >= 11 is 0. The Bertz CT molecular complexity index is 341. The van der Waals surface area contributed by atoms with Crippen LogP contribution in [0, 0.1) is 0 Å². The van der Waals surface area contributed by atoms with Gasteiger partial charge in [0.25, 0.3) is 0 Å². The highest BCUT2D eigenvalue weighted by atomic mass is 16.5. The van der Waals surface area contributed by atoms with E-state index in [0.29, 0.717) is 12.5 Å². The summed E-state index contributed by atoms with van der Waals surface area (Å²) in [4.78, 5) is 4.42. The minimum atomic E-state index is -0.481. The first-order chi connectivity index (χ1) is 7.69. The van der Waals surface area contributed by atoms with E-state index in [1.165, 1.54) is 0 Å². The smallest absolute Gasteiger partial charge is 0.246 e. The van der Waals surface area contributed by atoms with Crippen LogP contribution in [0.1, 0.15) is 50.7 Å². The highest BCUT2D eigenvalue weighted by Gasteiger charge is 2.32. The van der Waals surface area contributed by atoms with Crippen molar-refractivity contribution in [1.82, 2.24) is 10.1 Å². The van der Waals surface area contributed by atoms with Gasteiger partial charge in [0.05, 0.1) is 12.1 Å².